The van der Waals surface area contributed by atoms with Crippen LogP contribution in [0, 0.1) is 0 Å². The summed E-state index contributed by atoms with van der Waals surface area (Å²) in [6.45, 7) is 0. The lowest BCUT2D eigenvalue weighted by Crippen LogP contribution is -2.01. The first-order valence-corrected chi connectivity index (χ1v) is 17.3. The number of aromatic nitrogens is 5. The lowest BCUT2D eigenvalue weighted by molar-refractivity contribution is 1.07. The van der Waals surface area contributed by atoms with E-state index in [1.807, 2.05) is 24.3 Å². The van der Waals surface area contributed by atoms with E-state index in [1.54, 1.807) is 24.8 Å². The van der Waals surface area contributed by atoms with Crippen LogP contribution in [0.5, 0.6) is 0 Å². The molecule has 0 aliphatic carbocycles. The van der Waals surface area contributed by atoms with Crippen molar-refractivity contribution in [3.8, 4) is 56.4 Å². The summed E-state index contributed by atoms with van der Waals surface area (Å²) in [5.41, 5.74) is 7.10. The molecule has 5 heteroatoms. The molecule has 0 fully saturated rings. The molecule has 5 nitrogen and oxygen atoms in total. The largest absolute Gasteiger partial charge is 0.265 e. The second kappa shape index (κ2) is 12.3. The summed E-state index contributed by atoms with van der Waals surface area (Å²) in [6.07, 6.45) is 7.05. The van der Waals surface area contributed by atoms with Crippen LogP contribution in [0.2, 0.25) is 0 Å². The Morgan fingerprint density at radius 3 is 1.08 bits per heavy atom. The molecule has 7 aromatic carbocycles. The second-order valence-corrected chi connectivity index (χ2v) is 13.0. The van der Waals surface area contributed by atoms with Gasteiger partial charge in [0.1, 0.15) is 0 Å². The number of hydrogen-bond acceptors (Lipinski definition) is 5. The lowest BCUT2D eigenvalue weighted by atomic mass is 9.90. The van der Waals surface area contributed by atoms with Gasteiger partial charge in [0, 0.05) is 41.5 Å². The quantitative estimate of drug-likeness (QED) is 0.171. The molecule has 0 atom stereocenters. The zero-order valence-corrected chi connectivity index (χ0v) is 28.0. The molecule has 3 heterocycles. The predicted molar refractivity (Wildman–Crippen MR) is 213 cm³/mol. The molecule has 0 unspecified atom stereocenters. The summed E-state index contributed by atoms with van der Waals surface area (Å²) in [7, 11) is 0. The van der Waals surface area contributed by atoms with Crippen molar-refractivity contribution in [3.05, 3.63) is 176 Å². The van der Waals surface area contributed by atoms with E-state index in [0.717, 1.165) is 38.9 Å². The van der Waals surface area contributed by atoms with Crippen molar-refractivity contribution in [1.82, 2.24) is 24.9 Å². The van der Waals surface area contributed by atoms with Gasteiger partial charge in [-0.05, 0) is 132 Å². The predicted octanol–water partition coefficient (Wildman–Crippen LogP) is 11.6. The van der Waals surface area contributed by atoms with Crippen LogP contribution in [-0.4, -0.2) is 24.9 Å². The highest BCUT2D eigenvalue weighted by Crippen LogP contribution is 2.39. The van der Waals surface area contributed by atoms with E-state index in [4.69, 9.17) is 15.0 Å². The van der Waals surface area contributed by atoms with E-state index >= 15 is 0 Å². The van der Waals surface area contributed by atoms with Crippen LogP contribution < -0.4 is 0 Å². The molecule has 0 spiro atoms. The van der Waals surface area contributed by atoms with Gasteiger partial charge >= 0.3 is 0 Å². The maximum atomic E-state index is 5.11. The average molecular weight is 664 g/mol. The first-order valence-electron chi connectivity index (χ1n) is 17.3. The van der Waals surface area contributed by atoms with Gasteiger partial charge in [-0.25, -0.2) is 15.0 Å². The van der Waals surface area contributed by atoms with Gasteiger partial charge < -0.3 is 0 Å². The van der Waals surface area contributed by atoms with Gasteiger partial charge in [0.05, 0.1) is 0 Å². The Balaban J connectivity index is 1.26. The van der Waals surface area contributed by atoms with Crippen molar-refractivity contribution in [2.24, 2.45) is 0 Å². The summed E-state index contributed by atoms with van der Waals surface area (Å²) in [5.74, 6) is 1.76. The molecule has 0 saturated carbocycles. The number of hydrogen-bond donors (Lipinski definition) is 0. The summed E-state index contributed by atoms with van der Waals surface area (Å²) in [4.78, 5) is 23.6. The lowest BCUT2D eigenvalue weighted by Gasteiger charge is -2.15. The summed E-state index contributed by atoms with van der Waals surface area (Å²) >= 11 is 0. The third-order valence-corrected chi connectivity index (χ3v) is 9.82. The molecule has 0 aliphatic heterocycles. The van der Waals surface area contributed by atoms with Gasteiger partial charge in [0.25, 0.3) is 0 Å². The first kappa shape index (κ1) is 29.8. The van der Waals surface area contributed by atoms with Crippen molar-refractivity contribution >= 4 is 43.1 Å². The molecule has 0 amide bonds. The molecule has 0 radical (unpaired) electrons. The SMILES string of the molecule is c1ccc2cc3c(-c4cc(-c5nc(-c6ccncc6)nc(-c6ccncc6)n5)cc(-c5cccc6cc7ccccc7cc56)c4)cccc3cc2c1. The fraction of sp³-hybridized carbons (Fsp3) is 0. The number of nitrogens with zero attached hydrogens (tertiary/aromatic N) is 5. The van der Waals surface area contributed by atoms with Gasteiger partial charge in [-0.1, -0.05) is 84.9 Å². The number of benzene rings is 7. The van der Waals surface area contributed by atoms with Crippen LogP contribution in [0.25, 0.3) is 99.5 Å². The van der Waals surface area contributed by atoms with Crippen LogP contribution in [0.4, 0.5) is 0 Å². The van der Waals surface area contributed by atoms with E-state index in [1.165, 1.54) is 43.1 Å². The molecular formula is C47H29N5. The Bertz CT molecular complexity index is 2760. The highest BCUT2D eigenvalue weighted by molar-refractivity contribution is 6.08. The van der Waals surface area contributed by atoms with E-state index in [2.05, 4.69) is 137 Å². The Kier molecular flexibility index (Phi) is 7.07. The third-order valence-electron chi connectivity index (χ3n) is 9.82. The Morgan fingerprint density at radius 2 is 0.635 bits per heavy atom. The topological polar surface area (TPSA) is 64.5 Å². The summed E-state index contributed by atoms with van der Waals surface area (Å²) < 4.78 is 0. The standard InChI is InChI=1S/C47H29N5/c1-3-9-34-28-43-36(23-32(34)7-1)11-5-13-41(43)38-25-39(42-14-6-12-37-24-33-8-2-4-10-35(33)29-44(37)42)27-40(26-38)47-51-45(30-15-19-48-20-16-30)50-46(52-47)31-17-21-49-22-18-31/h1-29H. The third kappa shape index (κ3) is 5.32. The Hall–Kier alpha value is -7.11. The fourth-order valence-electron chi connectivity index (χ4n) is 7.27. The monoisotopic (exact) mass is 663 g/mol. The smallest absolute Gasteiger partial charge is 0.164 e. The zero-order chi connectivity index (χ0) is 34.4. The molecule has 10 rings (SSSR count). The Morgan fingerprint density at radius 1 is 0.269 bits per heavy atom. The molecule has 0 aliphatic rings. The average Bonchev–Trinajstić information content (AvgIpc) is 3.22. The van der Waals surface area contributed by atoms with E-state index in [0.29, 0.717) is 17.5 Å². The fourth-order valence-corrected chi connectivity index (χ4v) is 7.27. The van der Waals surface area contributed by atoms with Crippen LogP contribution in [0.15, 0.2) is 176 Å². The number of rotatable bonds is 5. The normalized spacial score (nSPS) is 11.5. The molecular weight excluding hydrogens is 635 g/mol. The number of pyridine rings is 2. The van der Waals surface area contributed by atoms with Crippen molar-refractivity contribution in [3.63, 3.8) is 0 Å². The maximum absolute atomic E-state index is 5.11. The highest BCUT2D eigenvalue weighted by Gasteiger charge is 2.17. The van der Waals surface area contributed by atoms with Gasteiger partial charge in [0.2, 0.25) is 0 Å². The molecule has 242 valence electrons. The summed E-state index contributed by atoms with van der Waals surface area (Å²) in [6, 6.07) is 53.8. The van der Waals surface area contributed by atoms with Crippen LogP contribution in [-0.2, 0) is 0 Å². The highest BCUT2D eigenvalue weighted by atomic mass is 15.0. The minimum Gasteiger partial charge on any atom is -0.265 e. The molecule has 0 bridgehead atoms. The van der Waals surface area contributed by atoms with Crippen molar-refractivity contribution in [2.45, 2.75) is 0 Å². The van der Waals surface area contributed by atoms with Crippen molar-refractivity contribution in [1.29, 1.82) is 0 Å². The minimum atomic E-state index is 0.583. The van der Waals surface area contributed by atoms with Gasteiger partial charge in [-0.2, -0.15) is 0 Å². The van der Waals surface area contributed by atoms with Crippen LogP contribution >= 0.6 is 0 Å². The summed E-state index contributed by atoms with van der Waals surface area (Å²) in [5, 5.41) is 9.64. The molecule has 0 saturated heterocycles. The molecule has 10 aromatic rings. The molecule has 52 heavy (non-hydrogen) atoms. The zero-order valence-electron chi connectivity index (χ0n) is 28.0. The molecule has 0 N–H and O–H groups in total. The van der Waals surface area contributed by atoms with E-state index in [-0.39, 0.29) is 0 Å². The van der Waals surface area contributed by atoms with Gasteiger partial charge in [-0.3, -0.25) is 9.97 Å². The van der Waals surface area contributed by atoms with Crippen LogP contribution in [0.3, 0.4) is 0 Å². The van der Waals surface area contributed by atoms with Crippen molar-refractivity contribution < 1.29 is 0 Å². The van der Waals surface area contributed by atoms with Gasteiger partial charge in [0.15, 0.2) is 17.5 Å². The van der Waals surface area contributed by atoms with Crippen molar-refractivity contribution in [2.75, 3.05) is 0 Å². The Labute approximate surface area is 300 Å². The van der Waals surface area contributed by atoms with Gasteiger partial charge in [-0.15, -0.1) is 0 Å². The van der Waals surface area contributed by atoms with E-state index < -0.39 is 0 Å². The maximum Gasteiger partial charge on any atom is 0.164 e. The first-order chi connectivity index (χ1) is 25.7. The number of fused-ring (bicyclic) bond motifs is 4. The van der Waals surface area contributed by atoms with E-state index in [9.17, 15) is 0 Å². The minimum absolute atomic E-state index is 0.583. The van der Waals surface area contributed by atoms with Crippen LogP contribution in [0.1, 0.15) is 0 Å². The second-order valence-electron chi connectivity index (χ2n) is 13.0. The molecule has 3 aromatic heterocycles.